The van der Waals surface area contributed by atoms with Crippen molar-refractivity contribution in [2.24, 2.45) is 11.8 Å². The molecule has 3 aliphatic rings. The van der Waals surface area contributed by atoms with Crippen LogP contribution < -0.4 is 5.32 Å². The van der Waals surface area contributed by atoms with Crippen molar-refractivity contribution in [3.63, 3.8) is 0 Å². The highest BCUT2D eigenvalue weighted by Gasteiger charge is 2.29. The molecule has 0 aromatic heterocycles. The smallest absolute Gasteiger partial charge is 0.223 e. The predicted molar refractivity (Wildman–Crippen MR) is 76.0 cm³/mol. The second-order valence-corrected chi connectivity index (χ2v) is 6.53. The Kier molecular flexibility index (Phi) is 4.38. The van der Waals surface area contributed by atoms with Crippen LogP contribution in [-0.4, -0.2) is 61.5 Å². The minimum absolute atomic E-state index is 0.359. The first kappa shape index (κ1) is 13.4. The molecule has 0 aromatic rings. The maximum atomic E-state index is 12.2. The Labute approximate surface area is 116 Å². The lowest BCUT2D eigenvalue weighted by Gasteiger charge is -2.29. The van der Waals surface area contributed by atoms with Gasteiger partial charge in [-0.15, -0.1) is 0 Å². The van der Waals surface area contributed by atoms with Gasteiger partial charge in [0.2, 0.25) is 5.91 Å². The molecule has 0 aromatic carbocycles. The molecule has 0 atom stereocenters. The van der Waals surface area contributed by atoms with Gasteiger partial charge in [-0.05, 0) is 37.5 Å². The maximum Gasteiger partial charge on any atom is 0.223 e. The van der Waals surface area contributed by atoms with E-state index in [0.717, 1.165) is 51.0 Å². The highest BCUT2D eigenvalue weighted by molar-refractivity contribution is 5.76. The van der Waals surface area contributed by atoms with Gasteiger partial charge >= 0.3 is 0 Å². The molecule has 0 bridgehead atoms. The quantitative estimate of drug-likeness (QED) is 0.744. The lowest BCUT2D eigenvalue weighted by Crippen LogP contribution is -2.47. The first-order chi connectivity index (χ1) is 9.31. The van der Waals surface area contributed by atoms with Crippen LogP contribution in [-0.2, 0) is 4.79 Å². The summed E-state index contributed by atoms with van der Waals surface area (Å²) < 4.78 is 0. The first-order valence-corrected chi connectivity index (χ1v) is 8.02. The number of nitrogens with zero attached hydrogens (tertiary/aromatic N) is 2. The van der Waals surface area contributed by atoms with Crippen molar-refractivity contribution in [2.75, 3.05) is 45.8 Å². The van der Waals surface area contributed by atoms with Gasteiger partial charge in [-0.2, -0.15) is 0 Å². The summed E-state index contributed by atoms with van der Waals surface area (Å²) in [5.41, 5.74) is 0. The molecule has 2 aliphatic carbocycles. The number of carbonyl (C=O) groups excluding carboxylic acids is 1. The molecule has 0 radical (unpaired) electrons. The van der Waals surface area contributed by atoms with Crippen LogP contribution in [0.15, 0.2) is 0 Å². The minimum atomic E-state index is 0.359. The van der Waals surface area contributed by atoms with Crippen LogP contribution in [0.25, 0.3) is 0 Å². The Morgan fingerprint density at radius 3 is 2.16 bits per heavy atom. The second kappa shape index (κ2) is 6.23. The normalized spacial score (nSPS) is 23.9. The van der Waals surface area contributed by atoms with Crippen LogP contribution in [0.2, 0.25) is 0 Å². The van der Waals surface area contributed by atoms with E-state index in [0.29, 0.717) is 5.91 Å². The maximum absolute atomic E-state index is 12.2. The van der Waals surface area contributed by atoms with Crippen molar-refractivity contribution in [1.29, 1.82) is 0 Å². The van der Waals surface area contributed by atoms with Gasteiger partial charge in [0.25, 0.3) is 0 Å². The van der Waals surface area contributed by atoms with Crippen molar-refractivity contribution in [3.05, 3.63) is 0 Å². The number of carbonyl (C=O) groups is 1. The van der Waals surface area contributed by atoms with Gasteiger partial charge in [0.05, 0.1) is 0 Å². The molecule has 1 heterocycles. The third-order valence-electron chi connectivity index (χ3n) is 4.54. The molecule has 108 valence electrons. The highest BCUT2D eigenvalue weighted by Crippen LogP contribution is 2.33. The van der Waals surface area contributed by atoms with Gasteiger partial charge in [-0.25, -0.2) is 0 Å². The highest BCUT2D eigenvalue weighted by atomic mass is 16.2. The number of piperazine rings is 1. The molecule has 0 unspecified atom stereocenters. The third kappa shape index (κ3) is 4.46. The average molecular weight is 265 g/mol. The molecule has 2 saturated carbocycles. The number of hydrogen-bond donors (Lipinski definition) is 1. The minimum Gasteiger partial charge on any atom is -0.340 e. The molecule has 4 heteroatoms. The SMILES string of the molecule is O=C(CCN(CC1CC1)CC1CC1)N1CCNCC1. The Bertz CT molecular complexity index is 293. The van der Waals surface area contributed by atoms with E-state index in [1.807, 2.05) is 4.90 Å². The standard InChI is InChI=1S/C15H27N3O/c19-15(18-9-6-16-7-10-18)5-8-17(11-13-1-2-13)12-14-3-4-14/h13-14,16H,1-12H2. The Morgan fingerprint density at radius 2 is 1.63 bits per heavy atom. The van der Waals surface area contributed by atoms with E-state index in [9.17, 15) is 4.79 Å². The zero-order valence-electron chi connectivity index (χ0n) is 11.9. The fraction of sp³-hybridized carbons (Fsp3) is 0.933. The van der Waals surface area contributed by atoms with Crippen LogP contribution in [0.5, 0.6) is 0 Å². The van der Waals surface area contributed by atoms with E-state index < -0.39 is 0 Å². The molecular weight excluding hydrogens is 238 g/mol. The molecule has 3 rings (SSSR count). The predicted octanol–water partition coefficient (Wildman–Crippen LogP) is 0.930. The van der Waals surface area contributed by atoms with Gasteiger partial charge in [0.15, 0.2) is 0 Å². The number of nitrogens with one attached hydrogen (secondary N) is 1. The largest absolute Gasteiger partial charge is 0.340 e. The summed E-state index contributed by atoms with van der Waals surface area (Å²) in [5, 5.41) is 3.30. The lowest BCUT2D eigenvalue weighted by molar-refractivity contribution is -0.132. The summed E-state index contributed by atoms with van der Waals surface area (Å²) in [7, 11) is 0. The number of hydrogen-bond acceptors (Lipinski definition) is 3. The monoisotopic (exact) mass is 265 g/mol. The molecular formula is C15H27N3O. The fourth-order valence-electron chi connectivity index (χ4n) is 2.91. The van der Waals surface area contributed by atoms with E-state index in [1.54, 1.807) is 0 Å². The van der Waals surface area contributed by atoms with Crippen LogP contribution in [0.1, 0.15) is 32.1 Å². The second-order valence-electron chi connectivity index (χ2n) is 6.53. The first-order valence-electron chi connectivity index (χ1n) is 8.02. The zero-order valence-corrected chi connectivity index (χ0v) is 11.9. The molecule has 1 N–H and O–H groups in total. The van der Waals surface area contributed by atoms with Crippen molar-refractivity contribution < 1.29 is 4.79 Å². The van der Waals surface area contributed by atoms with Crippen LogP contribution in [0.4, 0.5) is 0 Å². The van der Waals surface area contributed by atoms with Gasteiger partial charge in [-0.1, -0.05) is 0 Å². The van der Waals surface area contributed by atoms with E-state index in [-0.39, 0.29) is 0 Å². The van der Waals surface area contributed by atoms with E-state index in [2.05, 4.69) is 10.2 Å². The van der Waals surface area contributed by atoms with Crippen LogP contribution in [0.3, 0.4) is 0 Å². The summed E-state index contributed by atoms with van der Waals surface area (Å²) in [6.07, 6.45) is 6.36. The van der Waals surface area contributed by atoms with Crippen molar-refractivity contribution in [1.82, 2.24) is 15.1 Å². The Hall–Kier alpha value is -0.610. The fourth-order valence-corrected chi connectivity index (χ4v) is 2.91. The van der Waals surface area contributed by atoms with Crippen LogP contribution in [0, 0.1) is 11.8 Å². The molecule has 3 fully saturated rings. The van der Waals surface area contributed by atoms with E-state index in [4.69, 9.17) is 0 Å². The molecule has 1 saturated heterocycles. The summed E-state index contributed by atoms with van der Waals surface area (Å²) in [6.45, 7) is 7.17. The molecule has 4 nitrogen and oxygen atoms in total. The van der Waals surface area contributed by atoms with Gasteiger partial charge in [-0.3, -0.25) is 4.79 Å². The summed E-state index contributed by atoms with van der Waals surface area (Å²) in [5.74, 6) is 2.24. The average Bonchev–Trinajstić information content (AvgIpc) is 3.32. The summed E-state index contributed by atoms with van der Waals surface area (Å²) in [6, 6.07) is 0. The van der Waals surface area contributed by atoms with Gasteiger partial charge in [0.1, 0.15) is 0 Å². The molecule has 19 heavy (non-hydrogen) atoms. The van der Waals surface area contributed by atoms with Gasteiger partial charge < -0.3 is 15.1 Å². The van der Waals surface area contributed by atoms with Crippen molar-refractivity contribution in [3.8, 4) is 0 Å². The van der Waals surface area contributed by atoms with Crippen molar-refractivity contribution in [2.45, 2.75) is 32.1 Å². The van der Waals surface area contributed by atoms with E-state index in [1.165, 1.54) is 38.8 Å². The van der Waals surface area contributed by atoms with Crippen LogP contribution >= 0.6 is 0 Å². The molecule has 0 spiro atoms. The third-order valence-corrected chi connectivity index (χ3v) is 4.54. The Morgan fingerprint density at radius 1 is 1.05 bits per heavy atom. The molecule has 1 amide bonds. The van der Waals surface area contributed by atoms with Crippen molar-refractivity contribution >= 4 is 5.91 Å². The topological polar surface area (TPSA) is 35.6 Å². The lowest BCUT2D eigenvalue weighted by atomic mass is 10.2. The summed E-state index contributed by atoms with van der Waals surface area (Å²) in [4.78, 5) is 16.8. The number of rotatable bonds is 7. The molecule has 1 aliphatic heterocycles. The Balaban J connectivity index is 1.40. The van der Waals surface area contributed by atoms with Gasteiger partial charge in [0, 0.05) is 52.2 Å². The summed E-state index contributed by atoms with van der Waals surface area (Å²) >= 11 is 0. The van der Waals surface area contributed by atoms with E-state index >= 15 is 0 Å². The zero-order chi connectivity index (χ0) is 13.1. The number of amides is 1.